The van der Waals surface area contributed by atoms with Gasteiger partial charge < -0.3 is 20.7 Å². The topological polar surface area (TPSA) is 155 Å². The number of allylic oxidation sites excluding steroid dienone is 3. The Hall–Kier alpha value is -4.28. The Balaban J connectivity index is 1.93. The number of rotatable bonds is 4. The van der Waals surface area contributed by atoms with Crippen LogP contribution in [0.25, 0.3) is 10.9 Å². The predicted molar refractivity (Wildman–Crippen MR) is 104 cm³/mol. The second-order valence-corrected chi connectivity index (χ2v) is 6.34. The van der Waals surface area contributed by atoms with Crippen molar-refractivity contribution < 1.29 is 14.3 Å². The number of aromatic nitrogens is 2. The number of nitrogens with one attached hydrogen (secondary N) is 3. The summed E-state index contributed by atoms with van der Waals surface area (Å²) >= 11 is 0. The summed E-state index contributed by atoms with van der Waals surface area (Å²) in [6.45, 7) is 0.911. The molecule has 0 atom stereocenters. The van der Waals surface area contributed by atoms with Gasteiger partial charge in [-0.3, -0.25) is 9.59 Å². The number of nitrogens with zero attached hydrogens (tertiary/aromatic N) is 3. The summed E-state index contributed by atoms with van der Waals surface area (Å²) in [6.07, 6.45) is 3.21. The number of dihydropyridines is 1. The molecule has 1 aliphatic rings. The second-order valence-electron chi connectivity index (χ2n) is 6.34. The number of fused-ring (bicyclic) bond motifs is 1. The SMILES string of the molecule is Cc1c(CC(=O)N/C(CO)=C2\NC=C(C#N)C=C2F)c(=O)[nH]c2ccnc(C#N)c12. The zero-order valence-corrected chi connectivity index (χ0v) is 15.7. The third-order valence-electron chi connectivity index (χ3n) is 4.52. The first-order valence-corrected chi connectivity index (χ1v) is 8.68. The molecule has 4 N–H and O–H groups in total. The number of hydrogen-bond acceptors (Lipinski definition) is 7. The number of hydrogen-bond donors (Lipinski definition) is 4. The highest BCUT2D eigenvalue weighted by atomic mass is 19.1. The largest absolute Gasteiger partial charge is 0.390 e. The molecular weight excluding hydrogens is 391 g/mol. The van der Waals surface area contributed by atoms with Gasteiger partial charge in [0.25, 0.3) is 5.56 Å². The van der Waals surface area contributed by atoms with E-state index in [4.69, 9.17) is 5.26 Å². The fraction of sp³-hybridized carbons (Fsp3) is 0.150. The highest BCUT2D eigenvalue weighted by molar-refractivity contribution is 5.89. The van der Waals surface area contributed by atoms with Crippen molar-refractivity contribution in [2.75, 3.05) is 6.61 Å². The molecule has 150 valence electrons. The van der Waals surface area contributed by atoms with Crippen LogP contribution in [0.2, 0.25) is 0 Å². The quantitative estimate of drug-likeness (QED) is 0.586. The van der Waals surface area contributed by atoms with E-state index in [1.54, 1.807) is 19.1 Å². The van der Waals surface area contributed by atoms with Gasteiger partial charge in [0.2, 0.25) is 5.91 Å². The van der Waals surface area contributed by atoms with Gasteiger partial charge in [-0.25, -0.2) is 9.37 Å². The van der Waals surface area contributed by atoms with Crippen LogP contribution in [0.4, 0.5) is 4.39 Å². The van der Waals surface area contributed by atoms with Crippen molar-refractivity contribution in [2.24, 2.45) is 0 Å². The number of amides is 1. The van der Waals surface area contributed by atoms with Crippen molar-refractivity contribution in [1.29, 1.82) is 10.5 Å². The molecule has 0 unspecified atom stereocenters. The lowest BCUT2D eigenvalue weighted by Crippen LogP contribution is -2.32. The van der Waals surface area contributed by atoms with Gasteiger partial charge in [-0.2, -0.15) is 10.5 Å². The Morgan fingerprint density at radius 1 is 1.37 bits per heavy atom. The summed E-state index contributed by atoms with van der Waals surface area (Å²) in [5.41, 5.74) is 0.263. The van der Waals surface area contributed by atoms with Gasteiger partial charge in [0.1, 0.15) is 23.7 Å². The van der Waals surface area contributed by atoms with E-state index in [2.05, 4.69) is 20.6 Å². The van der Waals surface area contributed by atoms with Gasteiger partial charge in [-0.15, -0.1) is 0 Å². The molecule has 0 aliphatic carbocycles. The minimum Gasteiger partial charge on any atom is -0.390 e. The molecule has 2 aromatic rings. The lowest BCUT2D eigenvalue weighted by atomic mass is 10.0. The molecule has 1 amide bonds. The van der Waals surface area contributed by atoms with Crippen molar-refractivity contribution in [3.8, 4) is 12.1 Å². The Bertz CT molecular complexity index is 1290. The van der Waals surface area contributed by atoms with Gasteiger partial charge in [0.05, 0.1) is 35.5 Å². The summed E-state index contributed by atoms with van der Waals surface area (Å²) in [5, 5.41) is 32.9. The van der Waals surface area contributed by atoms with E-state index >= 15 is 0 Å². The Morgan fingerprint density at radius 3 is 2.77 bits per heavy atom. The number of nitriles is 2. The molecule has 0 spiro atoms. The van der Waals surface area contributed by atoms with Gasteiger partial charge in [-0.05, 0) is 24.6 Å². The number of pyridine rings is 2. The van der Waals surface area contributed by atoms with Crippen LogP contribution in [-0.4, -0.2) is 27.6 Å². The molecule has 1 aliphatic heterocycles. The normalized spacial score (nSPS) is 14.7. The molecule has 2 aromatic heterocycles. The summed E-state index contributed by atoms with van der Waals surface area (Å²) < 4.78 is 14.2. The minimum atomic E-state index is -0.831. The average Bonchev–Trinajstić information content (AvgIpc) is 2.74. The van der Waals surface area contributed by atoms with Crippen molar-refractivity contribution in [3.63, 3.8) is 0 Å². The maximum Gasteiger partial charge on any atom is 0.252 e. The van der Waals surface area contributed by atoms with Crippen LogP contribution < -0.4 is 16.2 Å². The first kappa shape index (κ1) is 20.5. The van der Waals surface area contributed by atoms with E-state index in [1.165, 1.54) is 12.4 Å². The molecule has 3 rings (SSSR count). The van der Waals surface area contributed by atoms with Gasteiger partial charge >= 0.3 is 0 Å². The molecule has 0 radical (unpaired) electrons. The van der Waals surface area contributed by atoms with E-state index in [-0.39, 0.29) is 34.6 Å². The Morgan fingerprint density at radius 2 is 2.13 bits per heavy atom. The molecule has 0 bridgehead atoms. The number of halogens is 1. The molecule has 0 fully saturated rings. The molecular formula is C20H15FN6O3. The maximum absolute atomic E-state index is 14.2. The van der Waals surface area contributed by atoms with Crippen molar-refractivity contribution in [3.05, 3.63) is 74.5 Å². The Kier molecular flexibility index (Phi) is 5.72. The van der Waals surface area contributed by atoms with Crippen LogP contribution in [0.5, 0.6) is 0 Å². The first-order chi connectivity index (χ1) is 14.4. The number of carbonyl (C=O) groups excluding carboxylic acids is 1. The number of aliphatic hydroxyl groups excluding tert-OH is 1. The summed E-state index contributed by atoms with van der Waals surface area (Å²) in [5.74, 6) is -1.51. The molecule has 0 saturated heterocycles. The zero-order valence-electron chi connectivity index (χ0n) is 15.7. The van der Waals surface area contributed by atoms with Crippen molar-refractivity contribution in [1.82, 2.24) is 20.6 Å². The molecule has 10 heteroatoms. The van der Waals surface area contributed by atoms with E-state index in [0.29, 0.717) is 16.5 Å². The third kappa shape index (κ3) is 3.81. The van der Waals surface area contributed by atoms with Crippen LogP contribution in [0, 0.1) is 29.6 Å². The van der Waals surface area contributed by atoms with E-state index in [9.17, 15) is 24.3 Å². The highest BCUT2D eigenvalue weighted by Gasteiger charge is 2.20. The smallest absolute Gasteiger partial charge is 0.252 e. The predicted octanol–water partition coefficient (Wildman–Crippen LogP) is 0.830. The fourth-order valence-corrected chi connectivity index (χ4v) is 3.08. The highest BCUT2D eigenvalue weighted by Crippen LogP contribution is 2.21. The van der Waals surface area contributed by atoms with Crippen LogP contribution in [-0.2, 0) is 11.2 Å². The summed E-state index contributed by atoms with van der Waals surface area (Å²) in [7, 11) is 0. The molecule has 0 saturated carbocycles. The lowest BCUT2D eigenvalue weighted by Gasteiger charge is -2.17. The van der Waals surface area contributed by atoms with E-state index in [0.717, 1.165) is 6.08 Å². The molecule has 30 heavy (non-hydrogen) atoms. The number of carbonyl (C=O) groups is 1. The lowest BCUT2D eigenvalue weighted by molar-refractivity contribution is -0.119. The fourth-order valence-electron chi connectivity index (χ4n) is 3.08. The molecule has 9 nitrogen and oxygen atoms in total. The second kappa shape index (κ2) is 8.39. The van der Waals surface area contributed by atoms with Gasteiger partial charge in [-0.1, -0.05) is 0 Å². The van der Waals surface area contributed by atoms with Crippen molar-refractivity contribution in [2.45, 2.75) is 13.3 Å². The number of H-pyrrole nitrogens is 1. The first-order valence-electron chi connectivity index (χ1n) is 8.68. The van der Waals surface area contributed by atoms with Crippen LogP contribution >= 0.6 is 0 Å². The number of aryl methyl sites for hydroxylation is 1. The minimum absolute atomic E-state index is 0.0418. The van der Waals surface area contributed by atoms with E-state index < -0.39 is 23.9 Å². The number of aromatic amines is 1. The van der Waals surface area contributed by atoms with Crippen LogP contribution in [0.1, 0.15) is 16.8 Å². The molecule has 3 heterocycles. The maximum atomic E-state index is 14.2. The monoisotopic (exact) mass is 406 g/mol. The third-order valence-corrected chi connectivity index (χ3v) is 4.52. The van der Waals surface area contributed by atoms with Gasteiger partial charge in [0.15, 0.2) is 0 Å². The van der Waals surface area contributed by atoms with Crippen LogP contribution in [0.3, 0.4) is 0 Å². The van der Waals surface area contributed by atoms with E-state index in [1.807, 2.05) is 6.07 Å². The standard InChI is InChI=1S/C20H15FN6O3/c1-10-12(20(30)27-14-2-3-24-15(7-23)18(10)14)5-17(29)26-16(9-28)19-13(21)4-11(6-22)8-25-19/h2-4,8,25,28H,5,9H2,1H3,(H,26,29)(H,27,30)/b19-16-. The molecule has 0 aromatic carbocycles. The summed E-state index contributed by atoms with van der Waals surface area (Å²) in [6, 6.07) is 5.27. The Labute approximate surface area is 169 Å². The zero-order chi connectivity index (χ0) is 21.8. The summed E-state index contributed by atoms with van der Waals surface area (Å²) in [4.78, 5) is 31.6. The average molecular weight is 406 g/mol. The van der Waals surface area contributed by atoms with Crippen LogP contribution in [0.15, 0.2) is 52.1 Å². The number of aliphatic hydroxyl groups is 1. The van der Waals surface area contributed by atoms with Gasteiger partial charge in [0, 0.05) is 23.3 Å². The van der Waals surface area contributed by atoms with Crippen molar-refractivity contribution >= 4 is 16.8 Å².